The Bertz CT molecular complexity index is 193. The molecule has 0 aliphatic carbocycles. The molecule has 11 heavy (non-hydrogen) atoms. The standard InChI is InChI=1S/C6H8Cl2N2O/c1-4-2-3-9-10(4)6(11)5(7)8/h3-5H,2H2,1H3. The van der Waals surface area contributed by atoms with Crippen molar-refractivity contribution < 1.29 is 4.79 Å². The number of rotatable bonds is 1. The highest BCUT2D eigenvalue weighted by molar-refractivity contribution is 6.53. The Kier molecular flexibility index (Phi) is 2.73. The summed E-state index contributed by atoms with van der Waals surface area (Å²) in [5.41, 5.74) is 0. The average Bonchev–Trinajstić information content (AvgIpc) is 2.33. The summed E-state index contributed by atoms with van der Waals surface area (Å²) in [7, 11) is 0. The van der Waals surface area contributed by atoms with E-state index in [1.54, 1.807) is 6.21 Å². The fourth-order valence-corrected chi connectivity index (χ4v) is 1.08. The van der Waals surface area contributed by atoms with Gasteiger partial charge in [-0.05, 0) is 6.92 Å². The second-order valence-corrected chi connectivity index (χ2v) is 3.46. The Morgan fingerprint density at radius 3 is 2.82 bits per heavy atom. The quantitative estimate of drug-likeness (QED) is 0.582. The number of nitrogens with zero attached hydrogens (tertiary/aromatic N) is 2. The first-order chi connectivity index (χ1) is 5.13. The molecule has 5 heteroatoms. The van der Waals surface area contributed by atoms with Crippen molar-refractivity contribution in [2.24, 2.45) is 5.10 Å². The van der Waals surface area contributed by atoms with E-state index in [2.05, 4.69) is 5.10 Å². The minimum absolute atomic E-state index is 0.0856. The van der Waals surface area contributed by atoms with E-state index < -0.39 is 4.84 Å². The fourth-order valence-electron chi connectivity index (χ4n) is 0.875. The van der Waals surface area contributed by atoms with Crippen LogP contribution in [0.1, 0.15) is 13.3 Å². The van der Waals surface area contributed by atoms with Crippen LogP contribution < -0.4 is 0 Å². The highest BCUT2D eigenvalue weighted by Gasteiger charge is 2.26. The van der Waals surface area contributed by atoms with Crippen LogP contribution in [0.5, 0.6) is 0 Å². The molecule has 3 nitrogen and oxygen atoms in total. The number of alkyl halides is 2. The van der Waals surface area contributed by atoms with E-state index in [0.29, 0.717) is 0 Å². The molecule has 0 aromatic rings. The van der Waals surface area contributed by atoms with Crippen LogP contribution in [0.3, 0.4) is 0 Å². The Morgan fingerprint density at radius 2 is 2.45 bits per heavy atom. The summed E-state index contributed by atoms with van der Waals surface area (Å²) in [4.78, 5) is 10.1. The predicted octanol–water partition coefficient (Wildman–Crippen LogP) is 1.40. The number of hydrogen-bond acceptors (Lipinski definition) is 2. The number of carbonyl (C=O) groups is 1. The van der Waals surface area contributed by atoms with E-state index in [0.717, 1.165) is 6.42 Å². The minimum Gasteiger partial charge on any atom is -0.270 e. The molecule has 1 heterocycles. The number of carbonyl (C=O) groups excluding carboxylic acids is 1. The van der Waals surface area contributed by atoms with Crippen molar-refractivity contribution in [2.75, 3.05) is 0 Å². The summed E-state index contributed by atoms with van der Waals surface area (Å²) < 4.78 is 0. The Balaban J connectivity index is 2.60. The molecule has 0 saturated carbocycles. The maximum Gasteiger partial charge on any atom is 0.276 e. The smallest absolute Gasteiger partial charge is 0.270 e. The normalized spacial score (nSPS) is 23.3. The second-order valence-electron chi connectivity index (χ2n) is 2.37. The zero-order valence-corrected chi connectivity index (χ0v) is 7.51. The third kappa shape index (κ3) is 1.84. The first kappa shape index (κ1) is 8.81. The van der Waals surface area contributed by atoms with Gasteiger partial charge in [0.25, 0.3) is 5.91 Å². The number of hydrazone groups is 1. The molecule has 1 unspecified atom stereocenters. The molecule has 1 aliphatic heterocycles. The van der Waals surface area contributed by atoms with Crippen LogP contribution in [0.15, 0.2) is 5.10 Å². The topological polar surface area (TPSA) is 32.7 Å². The van der Waals surface area contributed by atoms with E-state index in [1.807, 2.05) is 6.92 Å². The molecule has 62 valence electrons. The van der Waals surface area contributed by atoms with Crippen LogP contribution in [-0.4, -0.2) is 28.0 Å². The lowest BCUT2D eigenvalue weighted by atomic mass is 10.3. The van der Waals surface area contributed by atoms with Gasteiger partial charge in [-0.25, -0.2) is 5.01 Å². The van der Waals surface area contributed by atoms with Gasteiger partial charge in [-0.1, -0.05) is 23.2 Å². The molecule has 0 saturated heterocycles. The summed E-state index contributed by atoms with van der Waals surface area (Å²) in [6.45, 7) is 1.89. The van der Waals surface area contributed by atoms with Crippen LogP contribution in [0.25, 0.3) is 0 Å². The van der Waals surface area contributed by atoms with Gasteiger partial charge >= 0.3 is 0 Å². The first-order valence-electron chi connectivity index (χ1n) is 3.26. The molecular weight excluding hydrogens is 187 g/mol. The van der Waals surface area contributed by atoms with Crippen molar-refractivity contribution in [2.45, 2.75) is 24.2 Å². The van der Waals surface area contributed by atoms with E-state index >= 15 is 0 Å². The van der Waals surface area contributed by atoms with Crippen LogP contribution >= 0.6 is 23.2 Å². The first-order valence-corrected chi connectivity index (χ1v) is 4.14. The summed E-state index contributed by atoms with van der Waals surface area (Å²) >= 11 is 10.7. The highest BCUT2D eigenvalue weighted by Crippen LogP contribution is 2.15. The zero-order valence-electron chi connectivity index (χ0n) is 6.00. The molecule has 0 aromatic heterocycles. The largest absolute Gasteiger partial charge is 0.276 e. The Labute approximate surface area is 75.0 Å². The van der Waals surface area contributed by atoms with E-state index in [9.17, 15) is 4.79 Å². The molecule has 0 radical (unpaired) electrons. The summed E-state index contributed by atoms with van der Waals surface area (Å²) in [5, 5.41) is 5.14. The van der Waals surface area contributed by atoms with Crippen molar-refractivity contribution in [3.63, 3.8) is 0 Å². The van der Waals surface area contributed by atoms with Gasteiger partial charge in [-0.15, -0.1) is 0 Å². The van der Waals surface area contributed by atoms with Gasteiger partial charge in [0, 0.05) is 12.6 Å². The van der Waals surface area contributed by atoms with Crippen LogP contribution in [0.2, 0.25) is 0 Å². The van der Waals surface area contributed by atoms with Crippen molar-refractivity contribution >= 4 is 35.3 Å². The van der Waals surface area contributed by atoms with Crippen molar-refractivity contribution in [3.8, 4) is 0 Å². The SMILES string of the molecule is CC1CC=NN1C(=O)C(Cl)Cl. The third-order valence-corrected chi connectivity index (χ3v) is 1.86. The van der Waals surface area contributed by atoms with Crippen molar-refractivity contribution in [1.82, 2.24) is 5.01 Å². The van der Waals surface area contributed by atoms with Gasteiger partial charge in [0.05, 0.1) is 6.04 Å². The van der Waals surface area contributed by atoms with Gasteiger partial charge in [-0.3, -0.25) is 4.79 Å². The number of amides is 1. The summed E-state index contributed by atoms with van der Waals surface area (Å²) in [6.07, 6.45) is 2.45. The summed E-state index contributed by atoms with van der Waals surface area (Å²) in [6, 6.07) is 0.0856. The van der Waals surface area contributed by atoms with Crippen LogP contribution in [-0.2, 0) is 4.79 Å². The summed E-state index contributed by atoms with van der Waals surface area (Å²) in [5.74, 6) is -0.352. The lowest BCUT2D eigenvalue weighted by Crippen LogP contribution is -2.34. The monoisotopic (exact) mass is 194 g/mol. The molecule has 1 rings (SSSR count). The van der Waals surface area contributed by atoms with Gasteiger partial charge in [0.15, 0.2) is 4.84 Å². The number of hydrogen-bond donors (Lipinski definition) is 0. The molecular formula is C6H8Cl2N2O. The maximum atomic E-state index is 11.1. The number of halogens is 2. The molecule has 0 spiro atoms. The average molecular weight is 195 g/mol. The maximum absolute atomic E-state index is 11.1. The predicted molar refractivity (Wildman–Crippen MR) is 44.9 cm³/mol. The van der Waals surface area contributed by atoms with Crippen LogP contribution in [0.4, 0.5) is 0 Å². The van der Waals surface area contributed by atoms with Gasteiger partial charge in [-0.2, -0.15) is 5.10 Å². The van der Waals surface area contributed by atoms with Gasteiger partial charge in [0.2, 0.25) is 0 Å². The van der Waals surface area contributed by atoms with Gasteiger partial charge < -0.3 is 0 Å². The van der Waals surface area contributed by atoms with Crippen molar-refractivity contribution in [1.29, 1.82) is 0 Å². The lowest BCUT2D eigenvalue weighted by molar-refractivity contribution is -0.130. The molecule has 1 atom stereocenters. The molecule has 0 N–H and O–H groups in total. The van der Waals surface area contributed by atoms with E-state index in [4.69, 9.17) is 23.2 Å². The second kappa shape index (κ2) is 3.41. The molecule has 1 amide bonds. The Hall–Kier alpha value is -0.280. The molecule has 0 aromatic carbocycles. The van der Waals surface area contributed by atoms with Crippen LogP contribution in [0, 0.1) is 0 Å². The highest BCUT2D eigenvalue weighted by atomic mass is 35.5. The molecule has 0 fully saturated rings. The third-order valence-electron chi connectivity index (χ3n) is 1.48. The van der Waals surface area contributed by atoms with Crippen molar-refractivity contribution in [3.05, 3.63) is 0 Å². The molecule has 1 aliphatic rings. The Morgan fingerprint density at radius 1 is 1.82 bits per heavy atom. The van der Waals surface area contributed by atoms with E-state index in [-0.39, 0.29) is 11.9 Å². The van der Waals surface area contributed by atoms with E-state index in [1.165, 1.54) is 5.01 Å². The zero-order chi connectivity index (χ0) is 8.43. The fraction of sp³-hybridized carbons (Fsp3) is 0.667. The lowest BCUT2D eigenvalue weighted by Gasteiger charge is -2.17. The van der Waals surface area contributed by atoms with Gasteiger partial charge in [0.1, 0.15) is 0 Å². The minimum atomic E-state index is -1.01. The molecule has 0 bridgehead atoms.